The summed E-state index contributed by atoms with van der Waals surface area (Å²) in [4.78, 5) is 31.0. The third-order valence-corrected chi connectivity index (χ3v) is 5.20. The second-order valence-corrected chi connectivity index (χ2v) is 7.45. The van der Waals surface area contributed by atoms with Gasteiger partial charge in [0.25, 0.3) is 5.91 Å². The first kappa shape index (κ1) is 20.9. The molecule has 0 radical (unpaired) electrons. The quantitative estimate of drug-likeness (QED) is 0.768. The van der Waals surface area contributed by atoms with Crippen LogP contribution < -0.4 is 11.1 Å². The van der Waals surface area contributed by atoms with Gasteiger partial charge in [0.15, 0.2) is 0 Å². The standard InChI is InChI=1S/C16H16Cl2N4O2S.ClH/c17-9-4-10(18)6-11(5-9)20-15(23)13-2-1-3-22(13)16(24)12-8-25-14(7-19)21-12;/h4-6,8,13H,1-3,7,19H2,(H,20,23);1H. The molecule has 1 aliphatic heterocycles. The number of hydrogen-bond acceptors (Lipinski definition) is 5. The van der Waals surface area contributed by atoms with E-state index in [1.807, 2.05) is 0 Å². The van der Waals surface area contributed by atoms with Crippen molar-refractivity contribution < 1.29 is 9.59 Å². The number of nitrogens with one attached hydrogen (secondary N) is 1. The zero-order valence-electron chi connectivity index (χ0n) is 13.6. The summed E-state index contributed by atoms with van der Waals surface area (Å²) >= 11 is 13.2. The SMILES string of the molecule is Cl.NCc1nc(C(=O)N2CCCC2C(=O)Nc2cc(Cl)cc(Cl)c2)cs1. The predicted molar refractivity (Wildman–Crippen MR) is 106 cm³/mol. The highest BCUT2D eigenvalue weighted by Gasteiger charge is 2.35. The lowest BCUT2D eigenvalue weighted by molar-refractivity contribution is -0.119. The first-order chi connectivity index (χ1) is 12.0. The van der Waals surface area contributed by atoms with E-state index in [0.717, 1.165) is 6.42 Å². The summed E-state index contributed by atoms with van der Waals surface area (Å²) in [7, 11) is 0. The van der Waals surface area contributed by atoms with E-state index in [0.29, 0.717) is 39.4 Å². The van der Waals surface area contributed by atoms with E-state index in [-0.39, 0.29) is 30.8 Å². The van der Waals surface area contributed by atoms with Crippen LogP contribution in [0.4, 0.5) is 5.69 Å². The number of rotatable bonds is 4. The fraction of sp³-hybridized carbons (Fsp3) is 0.312. The number of amides is 2. The van der Waals surface area contributed by atoms with Gasteiger partial charge in [-0.25, -0.2) is 4.98 Å². The molecule has 0 spiro atoms. The van der Waals surface area contributed by atoms with Crippen molar-refractivity contribution in [2.45, 2.75) is 25.4 Å². The number of carbonyl (C=O) groups excluding carboxylic acids is 2. The molecule has 140 valence electrons. The lowest BCUT2D eigenvalue weighted by atomic mass is 10.2. The average molecular weight is 436 g/mol. The van der Waals surface area contributed by atoms with E-state index in [1.165, 1.54) is 11.3 Å². The Bertz CT molecular complexity index is 794. The van der Waals surface area contributed by atoms with Crippen LogP contribution in [-0.2, 0) is 11.3 Å². The number of benzene rings is 1. The van der Waals surface area contributed by atoms with Crippen molar-refractivity contribution in [3.8, 4) is 0 Å². The zero-order chi connectivity index (χ0) is 18.0. The fourth-order valence-electron chi connectivity index (χ4n) is 2.78. The minimum absolute atomic E-state index is 0. The van der Waals surface area contributed by atoms with Crippen molar-refractivity contribution in [3.05, 3.63) is 44.3 Å². The van der Waals surface area contributed by atoms with Crippen molar-refractivity contribution in [3.63, 3.8) is 0 Å². The van der Waals surface area contributed by atoms with E-state index in [1.54, 1.807) is 28.5 Å². The number of carbonyl (C=O) groups is 2. The number of anilines is 1. The van der Waals surface area contributed by atoms with Gasteiger partial charge in [-0.15, -0.1) is 23.7 Å². The number of halogens is 3. The first-order valence-corrected chi connectivity index (χ1v) is 9.34. The van der Waals surface area contributed by atoms with Gasteiger partial charge in [0.05, 0.1) is 0 Å². The van der Waals surface area contributed by atoms with E-state index in [9.17, 15) is 9.59 Å². The molecule has 1 aliphatic rings. The molecule has 0 saturated carbocycles. The molecule has 1 saturated heterocycles. The number of thiazole rings is 1. The normalized spacial score (nSPS) is 16.3. The maximum atomic E-state index is 12.7. The molecule has 2 amide bonds. The summed E-state index contributed by atoms with van der Waals surface area (Å²) in [6.45, 7) is 0.806. The highest BCUT2D eigenvalue weighted by molar-refractivity contribution is 7.09. The van der Waals surface area contributed by atoms with Crippen LogP contribution in [0.5, 0.6) is 0 Å². The van der Waals surface area contributed by atoms with Gasteiger partial charge in [-0.1, -0.05) is 23.2 Å². The molecule has 1 aromatic heterocycles. The summed E-state index contributed by atoms with van der Waals surface area (Å²) < 4.78 is 0. The Kier molecular flexibility index (Phi) is 7.25. The molecule has 6 nitrogen and oxygen atoms in total. The van der Waals surface area contributed by atoms with Crippen molar-refractivity contribution in [1.82, 2.24) is 9.88 Å². The molecule has 3 rings (SSSR count). The van der Waals surface area contributed by atoms with Gasteiger partial charge in [-0.3, -0.25) is 9.59 Å². The topological polar surface area (TPSA) is 88.3 Å². The monoisotopic (exact) mass is 434 g/mol. The maximum absolute atomic E-state index is 12.7. The molecular formula is C16H17Cl3N4O2S. The van der Waals surface area contributed by atoms with Crippen LogP contribution in [0, 0.1) is 0 Å². The predicted octanol–water partition coefficient (Wildman–Crippen LogP) is 3.57. The van der Waals surface area contributed by atoms with Gasteiger partial charge in [0.1, 0.15) is 16.7 Å². The molecular weight excluding hydrogens is 419 g/mol. The summed E-state index contributed by atoms with van der Waals surface area (Å²) in [5, 5.41) is 6.00. The van der Waals surface area contributed by atoms with Crippen LogP contribution in [0.15, 0.2) is 23.6 Å². The zero-order valence-corrected chi connectivity index (χ0v) is 16.7. The Labute approximate surface area is 171 Å². The van der Waals surface area contributed by atoms with Gasteiger partial charge < -0.3 is 16.0 Å². The first-order valence-electron chi connectivity index (χ1n) is 7.70. The Morgan fingerprint density at radius 1 is 1.31 bits per heavy atom. The van der Waals surface area contributed by atoms with E-state index in [2.05, 4.69) is 10.3 Å². The van der Waals surface area contributed by atoms with E-state index < -0.39 is 6.04 Å². The number of nitrogens with zero attached hydrogens (tertiary/aromatic N) is 2. The fourth-order valence-corrected chi connectivity index (χ4v) is 3.96. The van der Waals surface area contributed by atoms with Gasteiger partial charge >= 0.3 is 0 Å². The van der Waals surface area contributed by atoms with Gasteiger partial charge in [0, 0.05) is 34.2 Å². The molecule has 0 bridgehead atoms. The van der Waals surface area contributed by atoms with Crippen LogP contribution in [0.25, 0.3) is 0 Å². The highest BCUT2D eigenvalue weighted by atomic mass is 35.5. The maximum Gasteiger partial charge on any atom is 0.274 e. The van der Waals surface area contributed by atoms with Crippen molar-refractivity contribution >= 4 is 64.4 Å². The minimum Gasteiger partial charge on any atom is -0.325 e. The van der Waals surface area contributed by atoms with Gasteiger partial charge in [-0.2, -0.15) is 0 Å². The Morgan fingerprint density at radius 2 is 2.00 bits per heavy atom. The highest BCUT2D eigenvalue weighted by Crippen LogP contribution is 2.25. The third-order valence-electron chi connectivity index (χ3n) is 3.89. The molecule has 0 aliphatic carbocycles. The van der Waals surface area contributed by atoms with Crippen LogP contribution in [0.2, 0.25) is 10.0 Å². The molecule has 1 unspecified atom stereocenters. The third kappa shape index (κ3) is 4.66. The summed E-state index contributed by atoms with van der Waals surface area (Å²) in [5.41, 5.74) is 6.37. The molecule has 2 heterocycles. The number of hydrogen-bond donors (Lipinski definition) is 2. The lowest BCUT2D eigenvalue weighted by Gasteiger charge is -2.23. The van der Waals surface area contributed by atoms with Crippen LogP contribution in [-0.4, -0.2) is 34.3 Å². The summed E-state index contributed by atoms with van der Waals surface area (Å²) in [6.07, 6.45) is 1.35. The van der Waals surface area contributed by atoms with Gasteiger partial charge in [0.2, 0.25) is 5.91 Å². The largest absolute Gasteiger partial charge is 0.325 e. The molecule has 2 aromatic rings. The molecule has 1 atom stereocenters. The lowest BCUT2D eigenvalue weighted by Crippen LogP contribution is -2.43. The second-order valence-electron chi connectivity index (χ2n) is 5.63. The van der Waals surface area contributed by atoms with E-state index in [4.69, 9.17) is 28.9 Å². The second kappa shape index (κ2) is 9.01. The summed E-state index contributed by atoms with van der Waals surface area (Å²) in [6, 6.07) is 4.26. The molecule has 3 N–H and O–H groups in total. The van der Waals surface area contributed by atoms with Crippen molar-refractivity contribution in [2.24, 2.45) is 5.73 Å². The van der Waals surface area contributed by atoms with Gasteiger partial charge in [-0.05, 0) is 31.0 Å². The Hall–Kier alpha value is -1.38. The summed E-state index contributed by atoms with van der Waals surface area (Å²) in [5.74, 6) is -0.517. The number of likely N-dealkylation sites (tertiary alicyclic amines) is 1. The number of nitrogens with two attached hydrogens (primary N) is 1. The molecule has 1 aromatic carbocycles. The van der Waals surface area contributed by atoms with Crippen molar-refractivity contribution in [1.29, 1.82) is 0 Å². The number of aromatic nitrogens is 1. The molecule has 26 heavy (non-hydrogen) atoms. The Balaban J connectivity index is 0.00000243. The van der Waals surface area contributed by atoms with E-state index >= 15 is 0 Å². The Morgan fingerprint density at radius 3 is 2.62 bits per heavy atom. The minimum atomic E-state index is -0.548. The van der Waals surface area contributed by atoms with Crippen LogP contribution in [0.3, 0.4) is 0 Å². The van der Waals surface area contributed by atoms with Crippen LogP contribution >= 0.6 is 46.9 Å². The van der Waals surface area contributed by atoms with Crippen molar-refractivity contribution in [2.75, 3.05) is 11.9 Å². The van der Waals surface area contributed by atoms with Crippen LogP contribution in [0.1, 0.15) is 28.3 Å². The average Bonchev–Trinajstić information content (AvgIpc) is 3.22. The molecule has 1 fully saturated rings. The smallest absolute Gasteiger partial charge is 0.274 e. The molecule has 10 heteroatoms.